The first-order chi connectivity index (χ1) is 11.2. The fourth-order valence-electron chi connectivity index (χ4n) is 3.05. The number of benzene rings is 2. The monoisotopic (exact) mass is 310 g/mol. The summed E-state index contributed by atoms with van der Waals surface area (Å²) in [5.74, 6) is -0.0901. The summed E-state index contributed by atoms with van der Waals surface area (Å²) in [5.41, 5.74) is 2.34. The Morgan fingerprint density at radius 3 is 2.87 bits per heavy atom. The first kappa shape index (κ1) is 14.2. The maximum Gasteiger partial charge on any atom is 0.244 e. The number of anilines is 1. The van der Waals surface area contributed by atoms with Crippen LogP contribution < -0.4 is 10.6 Å². The molecule has 118 valence electrons. The van der Waals surface area contributed by atoms with E-state index >= 15 is 0 Å². The van der Waals surface area contributed by atoms with Crippen molar-refractivity contribution in [3.8, 4) is 0 Å². The summed E-state index contributed by atoms with van der Waals surface area (Å²) in [7, 11) is 0. The Labute approximate surface area is 133 Å². The molecule has 0 saturated carbocycles. The van der Waals surface area contributed by atoms with E-state index in [0.29, 0.717) is 13.2 Å². The Kier molecular flexibility index (Phi) is 3.52. The maximum atomic E-state index is 12.4. The van der Waals surface area contributed by atoms with Crippen molar-refractivity contribution in [1.29, 1.82) is 0 Å². The van der Waals surface area contributed by atoms with E-state index in [0.717, 1.165) is 27.6 Å². The third kappa shape index (κ3) is 2.58. The highest BCUT2D eigenvalue weighted by atomic mass is 16.5. The van der Waals surface area contributed by atoms with Crippen molar-refractivity contribution in [1.82, 2.24) is 5.32 Å². The van der Waals surface area contributed by atoms with E-state index in [4.69, 9.17) is 9.15 Å². The molecule has 0 unspecified atom stereocenters. The topological polar surface area (TPSA) is 63.5 Å². The average molecular weight is 310 g/mol. The zero-order valence-corrected chi connectivity index (χ0v) is 12.8. The number of furan rings is 1. The standard InChI is InChI=1S/C18H18N2O3/c1-11-17(19-8-9-22-11)18(21)20-12-6-7-14-13-4-2-3-5-15(13)23-16(14)10-12/h2-7,10-11,17,19H,8-9H2,1H3,(H,20,21)/t11-,17+/m1/s1. The Morgan fingerprint density at radius 1 is 1.17 bits per heavy atom. The highest BCUT2D eigenvalue weighted by Crippen LogP contribution is 2.30. The van der Waals surface area contributed by atoms with Gasteiger partial charge in [0.25, 0.3) is 0 Å². The second-order valence-corrected chi connectivity index (χ2v) is 5.81. The largest absolute Gasteiger partial charge is 0.456 e. The number of nitrogens with one attached hydrogen (secondary N) is 2. The molecule has 4 rings (SSSR count). The second kappa shape index (κ2) is 5.68. The van der Waals surface area contributed by atoms with Crippen molar-refractivity contribution in [3.63, 3.8) is 0 Å². The van der Waals surface area contributed by atoms with Crippen molar-refractivity contribution in [2.45, 2.75) is 19.1 Å². The summed E-state index contributed by atoms with van der Waals surface area (Å²) >= 11 is 0. The predicted molar refractivity (Wildman–Crippen MR) is 89.6 cm³/mol. The van der Waals surface area contributed by atoms with Gasteiger partial charge in [0.1, 0.15) is 17.2 Å². The summed E-state index contributed by atoms with van der Waals surface area (Å²) in [6.45, 7) is 3.22. The minimum Gasteiger partial charge on any atom is -0.456 e. The minimum atomic E-state index is -0.338. The van der Waals surface area contributed by atoms with Gasteiger partial charge in [0.2, 0.25) is 5.91 Å². The van der Waals surface area contributed by atoms with Crippen LogP contribution in [0.4, 0.5) is 5.69 Å². The molecule has 5 heteroatoms. The number of amides is 1. The molecule has 2 heterocycles. The molecule has 1 aliphatic heterocycles. The third-order valence-electron chi connectivity index (χ3n) is 4.25. The first-order valence-electron chi connectivity index (χ1n) is 7.79. The van der Waals surface area contributed by atoms with Gasteiger partial charge in [-0.1, -0.05) is 18.2 Å². The summed E-state index contributed by atoms with van der Waals surface area (Å²) < 4.78 is 11.4. The third-order valence-corrected chi connectivity index (χ3v) is 4.25. The quantitative estimate of drug-likeness (QED) is 0.764. The summed E-state index contributed by atoms with van der Waals surface area (Å²) in [6, 6.07) is 13.3. The van der Waals surface area contributed by atoms with Crippen molar-refractivity contribution in [3.05, 3.63) is 42.5 Å². The number of carbonyl (C=O) groups excluding carboxylic acids is 1. The van der Waals surface area contributed by atoms with Crippen LogP contribution in [0.1, 0.15) is 6.92 Å². The Bertz CT molecular complexity index is 871. The smallest absolute Gasteiger partial charge is 0.244 e. The number of para-hydroxylation sites is 1. The van der Waals surface area contributed by atoms with Gasteiger partial charge in [0.05, 0.1) is 12.7 Å². The van der Waals surface area contributed by atoms with Crippen LogP contribution in [0.25, 0.3) is 21.9 Å². The fourth-order valence-corrected chi connectivity index (χ4v) is 3.05. The molecule has 1 aromatic heterocycles. The first-order valence-corrected chi connectivity index (χ1v) is 7.79. The van der Waals surface area contributed by atoms with Crippen LogP contribution in [0.3, 0.4) is 0 Å². The van der Waals surface area contributed by atoms with Crippen LogP contribution >= 0.6 is 0 Å². The molecule has 1 aliphatic rings. The summed E-state index contributed by atoms with van der Waals surface area (Å²) in [4.78, 5) is 12.4. The van der Waals surface area contributed by atoms with Gasteiger partial charge in [-0.05, 0) is 25.1 Å². The van der Waals surface area contributed by atoms with E-state index in [1.807, 2.05) is 49.4 Å². The van der Waals surface area contributed by atoms with Crippen molar-refractivity contribution in [2.75, 3.05) is 18.5 Å². The number of hydrogen-bond donors (Lipinski definition) is 2. The molecule has 1 amide bonds. The molecule has 1 fully saturated rings. The molecule has 2 aromatic carbocycles. The highest BCUT2D eigenvalue weighted by molar-refractivity contribution is 6.06. The minimum absolute atomic E-state index is 0.0901. The molecule has 2 atom stereocenters. The number of ether oxygens (including phenoxy) is 1. The van der Waals surface area contributed by atoms with Gasteiger partial charge in [0.15, 0.2) is 0 Å². The lowest BCUT2D eigenvalue weighted by Gasteiger charge is -2.29. The zero-order valence-electron chi connectivity index (χ0n) is 12.8. The lowest BCUT2D eigenvalue weighted by atomic mass is 10.1. The van der Waals surface area contributed by atoms with E-state index in [2.05, 4.69) is 10.6 Å². The van der Waals surface area contributed by atoms with Gasteiger partial charge in [0, 0.05) is 29.1 Å². The van der Waals surface area contributed by atoms with Gasteiger partial charge in [-0.3, -0.25) is 4.79 Å². The number of rotatable bonds is 2. The van der Waals surface area contributed by atoms with Crippen LogP contribution in [0, 0.1) is 0 Å². The number of morpholine rings is 1. The van der Waals surface area contributed by atoms with E-state index in [9.17, 15) is 4.79 Å². The number of carbonyl (C=O) groups is 1. The molecule has 0 spiro atoms. The number of fused-ring (bicyclic) bond motifs is 3. The molecule has 0 aliphatic carbocycles. The second-order valence-electron chi connectivity index (χ2n) is 5.81. The normalized spacial score (nSPS) is 21.6. The molecule has 1 saturated heterocycles. The SMILES string of the molecule is C[C@H]1OCCN[C@@H]1C(=O)Nc1ccc2c(c1)oc1ccccc12. The van der Waals surface area contributed by atoms with Crippen LogP contribution in [-0.2, 0) is 9.53 Å². The van der Waals surface area contributed by atoms with Gasteiger partial charge >= 0.3 is 0 Å². The average Bonchev–Trinajstić information content (AvgIpc) is 2.92. The van der Waals surface area contributed by atoms with Crippen molar-refractivity contribution < 1.29 is 13.9 Å². The van der Waals surface area contributed by atoms with Gasteiger partial charge in [-0.15, -0.1) is 0 Å². The van der Waals surface area contributed by atoms with E-state index in [1.54, 1.807) is 0 Å². The lowest BCUT2D eigenvalue weighted by Crippen LogP contribution is -2.53. The molecule has 0 bridgehead atoms. The van der Waals surface area contributed by atoms with Gasteiger partial charge in [-0.25, -0.2) is 0 Å². The van der Waals surface area contributed by atoms with Crippen molar-refractivity contribution >= 4 is 33.5 Å². The number of hydrogen-bond acceptors (Lipinski definition) is 4. The van der Waals surface area contributed by atoms with Crippen molar-refractivity contribution in [2.24, 2.45) is 0 Å². The lowest BCUT2D eigenvalue weighted by molar-refractivity contribution is -0.123. The fraction of sp³-hybridized carbons (Fsp3) is 0.278. The molecule has 3 aromatic rings. The molecule has 23 heavy (non-hydrogen) atoms. The molecule has 0 radical (unpaired) electrons. The predicted octanol–water partition coefficient (Wildman–Crippen LogP) is 2.90. The van der Waals surface area contributed by atoms with Crippen LogP contribution in [0.2, 0.25) is 0 Å². The molecule has 5 nitrogen and oxygen atoms in total. The Balaban J connectivity index is 1.61. The van der Waals surface area contributed by atoms with Crippen LogP contribution in [0.5, 0.6) is 0 Å². The molecule has 2 N–H and O–H groups in total. The molecular weight excluding hydrogens is 292 g/mol. The summed E-state index contributed by atoms with van der Waals surface area (Å²) in [5, 5.41) is 8.25. The van der Waals surface area contributed by atoms with E-state index < -0.39 is 0 Å². The highest BCUT2D eigenvalue weighted by Gasteiger charge is 2.28. The van der Waals surface area contributed by atoms with E-state index in [-0.39, 0.29) is 18.1 Å². The van der Waals surface area contributed by atoms with Crippen LogP contribution in [-0.4, -0.2) is 31.2 Å². The Hall–Kier alpha value is -2.37. The maximum absolute atomic E-state index is 12.4. The van der Waals surface area contributed by atoms with Gasteiger partial charge < -0.3 is 19.8 Å². The summed E-state index contributed by atoms with van der Waals surface area (Å²) in [6.07, 6.45) is -0.140. The molecular formula is C18H18N2O3. The van der Waals surface area contributed by atoms with Gasteiger partial charge in [-0.2, -0.15) is 0 Å². The Morgan fingerprint density at radius 2 is 2.00 bits per heavy atom. The van der Waals surface area contributed by atoms with E-state index in [1.165, 1.54) is 0 Å². The van der Waals surface area contributed by atoms with Crippen LogP contribution in [0.15, 0.2) is 46.9 Å². The zero-order chi connectivity index (χ0) is 15.8.